The van der Waals surface area contributed by atoms with Gasteiger partial charge in [-0.1, -0.05) is 42.5 Å². The van der Waals surface area contributed by atoms with Crippen molar-refractivity contribution in [2.24, 2.45) is 7.05 Å². The van der Waals surface area contributed by atoms with Crippen molar-refractivity contribution in [3.05, 3.63) is 100 Å². The smallest absolute Gasteiger partial charge is 0.305 e. The average Bonchev–Trinajstić information content (AvgIpc) is 3.44. The second kappa shape index (κ2) is 9.34. The number of benzene rings is 2. The molecule has 0 aliphatic heterocycles. The highest BCUT2D eigenvalue weighted by atomic mass is 16.4. The highest BCUT2D eigenvalue weighted by Gasteiger charge is 2.15. The van der Waals surface area contributed by atoms with E-state index < -0.39 is 0 Å². The van der Waals surface area contributed by atoms with Crippen LogP contribution in [0.2, 0.25) is 0 Å². The quantitative estimate of drug-likeness (QED) is 0.300. The fourth-order valence-corrected chi connectivity index (χ4v) is 4.70. The number of nitrogens with one attached hydrogen (secondary N) is 2. The molecule has 7 nitrogen and oxygen atoms in total. The molecule has 3 aromatic heterocycles. The lowest BCUT2D eigenvalue weighted by Crippen LogP contribution is -2.29. The summed E-state index contributed by atoms with van der Waals surface area (Å²) in [6.45, 7) is 8.19. The van der Waals surface area contributed by atoms with Gasteiger partial charge in [0.15, 0.2) is 11.4 Å². The number of hydrogen-bond donors (Lipinski definition) is 2. The first-order valence-electron chi connectivity index (χ1n) is 11.9. The van der Waals surface area contributed by atoms with Gasteiger partial charge in [0.05, 0.1) is 5.69 Å². The van der Waals surface area contributed by atoms with Crippen LogP contribution in [0.25, 0.3) is 22.2 Å². The van der Waals surface area contributed by atoms with E-state index in [-0.39, 0.29) is 11.7 Å². The van der Waals surface area contributed by atoms with Crippen LogP contribution in [0.4, 0.5) is 5.82 Å². The third-order valence-electron chi connectivity index (χ3n) is 6.49. The Labute approximate surface area is 210 Å². The van der Waals surface area contributed by atoms with Crippen molar-refractivity contribution in [2.45, 2.75) is 34.1 Å². The zero-order chi connectivity index (χ0) is 25.4. The molecule has 0 radical (unpaired) electrons. The highest BCUT2D eigenvalue weighted by molar-refractivity contribution is 5.92. The number of aryl methyl sites for hydroxylation is 5. The molecule has 182 valence electrons. The number of amides is 1. The van der Waals surface area contributed by atoms with E-state index in [9.17, 15) is 4.79 Å². The average molecular weight is 480 g/mol. The van der Waals surface area contributed by atoms with E-state index in [4.69, 9.17) is 4.42 Å². The van der Waals surface area contributed by atoms with Gasteiger partial charge in [0.25, 0.3) is 0 Å². The van der Waals surface area contributed by atoms with Gasteiger partial charge in [-0.3, -0.25) is 20.3 Å². The number of pyridine rings is 1. The van der Waals surface area contributed by atoms with Crippen LogP contribution in [0.1, 0.15) is 44.3 Å². The van der Waals surface area contributed by atoms with E-state index in [1.807, 2.05) is 51.2 Å². The van der Waals surface area contributed by atoms with Gasteiger partial charge in [0.2, 0.25) is 0 Å². The molecule has 2 aromatic carbocycles. The molecule has 1 amide bonds. The summed E-state index contributed by atoms with van der Waals surface area (Å²) in [5.74, 6) is 1.13. The molecule has 0 aliphatic rings. The fraction of sp³-hybridized carbons (Fsp3) is 0.207. The summed E-state index contributed by atoms with van der Waals surface area (Å²) in [7, 11) is 1.85. The predicted octanol–water partition coefficient (Wildman–Crippen LogP) is 5.81. The maximum atomic E-state index is 12.7. The van der Waals surface area contributed by atoms with Gasteiger partial charge < -0.3 is 4.42 Å². The first-order valence-corrected chi connectivity index (χ1v) is 11.9. The van der Waals surface area contributed by atoms with Gasteiger partial charge in [-0.15, -0.1) is 0 Å². The van der Waals surface area contributed by atoms with E-state index >= 15 is 0 Å². The summed E-state index contributed by atoms with van der Waals surface area (Å²) < 4.78 is 7.63. The second-order valence-corrected chi connectivity index (χ2v) is 9.21. The molecule has 0 unspecified atom stereocenters. The number of hydrazine groups is 1. The number of carbonyl (C=O) groups is 1. The number of nitrogens with zero attached hydrogens (tertiary/aromatic N) is 3. The topological polar surface area (TPSA) is 85.0 Å². The van der Waals surface area contributed by atoms with Crippen LogP contribution in [0, 0.1) is 27.7 Å². The van der Waals surface area contributed by atoms with Crippen LogP contribution in [0.5, 0.6) is 0 Å². The van der Waals surface area contributed by atoms with Crippen LogP contribution >= 0.6 is 0 Å². The lowest BCUT2D eigenvalue weighted by Gasteiger charge is -2.12. The van der Waals surface area contributed by atoms with Crippen LogP contribution in [0.3, 0.4) is 0 Å². The summed E-state index contributed by atoms with van der Waals surface area (Å²) in [5.41, 5.74) is 14.3. The SMILES string of the molecule is Cc1cc(C)c(-c2ccccc2)cc1Cc1ccc(C(=O)NNc2cc(C)c3c(C)nn(C)c3n2)o1. The van der Waals surface area contributed by atoms with Gasteiger partial charge in [-0.25, -0.2) is 4.98 Å². The first kappa shape index (κ1) is 23.4. The van der Waals surface area contributed by atoms with Crippen LogP contribution in [-0.2, 0) is 13.5 Å². The van der Waals surface area contributed by atoms with Gasteiger partial charge in [0, 0.05) is 18.9 Å². The minimum absolute atomic E-state index is 0.236. The van der Waals surface area contributed by atoms with Crippen molar-refractivity contribution in [3.63, 3.8) is 0 Å². The second-order valence-electron chi connectivity index (χ2n) is 9.21. The molecule has 0 spiro atoms. The molecule has 0 aliphatic carbocycles. The Bertz CT molecular complexity index is 1580. The standard InChI is InChI=1S/C29H29N5O2/c1-17-13-18(2)24(21-9-7-6-8-10-21)16-22(17)15-23-11-12-25(36-23)29(35)32-31-26-14-19(3)27-20(4)33-34(5)28(27)30-26/h6-14,16H,15H2,1-5H3,(H,30,31)(H,32,35). The highest BCUT2D eigenvalue weighted by Crippen LogP contribution is 2.28. The Hall–Kier alpha value is -4.39. The molecule has 0 saturated heterocycles. The number of anilines is 1. The van der Waals surface area contributed by atoms with E-state index in [2.05, 4.69) is 59.0 Å². The zero-order valence-corrected chi connectivity index (χ0v) is 21.1. The van der Waals surface area contributed by atoms with Crippen LogP contribution in [-0.4, -0.2) is 20.7 Å². The monoisotopic (exact) mass is 479 g/mol. The lowest BCUT2D eigenvalue weighted by atomic mass is 9.93. The Morgan fingerprint density at radius 3 is 2.50 bits per heavy atom. The summed E-state index contributed by atoms with van der Waals surface area (Å²) in [5, 5.41) is 5.45. The van der Waals surface area contributed by atoms with Crippen LogP contribution in [0.15, 0.2) is 65.1 Å². The van der Waals surface area contributed by atoms with E-state index in [1.54, 1.807) is 10.7 Å². The zero-order valence-electron chi connectivity index (χ0n) is 21.1. The third-order valence-corrected chi connectivity index (χ3v) is 6.49. The van der Waals surface area contributed by atoms with Crippen molar-refractivity contribution in [3.8, 4) is 11.1 Å². The fourth-order valence-electron chi connectivity index (χ4n) is 4.70. The summed E-state index contributed by atoms with van der Waals surface area (Å²) >= 11 is 0. The first-order chi connectivity index (χ1) is 17.3. The molecule has 0 fully saturated rings. The van der Waals surface area contributed by atoms with E-state index in [0.717, 1.165) is 28.1 Å². The third kappa shape index (κ3) is 4.47. The number of furan rings is 1. The van der Waals surface area contributed by atoms with Gasteiger partial charge in [-0.2, -0.15) is 5.10 Å². The van der Waals surface area contributed by atoms with Crippen molar-refractivity contribution < 1.29 is 9.21 Å². The molecular weight excluding hydrogens is 450 g/mol. The predicted molar refractivity (Wildman–Crippen MR) is 142 cm³/mol. The molecular formula is C29H29N5O2. The molecule has 0 saturated carbocycles. The minimum Gasteiger partial charge on any atom is -0.456 e. The van der Waals surface area contributed by atoms with Gasteiger partial charge in [0.1, 0.15) is 11.6 Å². The molecule has 3 heterocycles. The van der Waals surface area contributed by atoms with Crippen molar-refractivity contribution in [1.29, 1.82) is 0 Å². The normalized spacial score (nSPS) is 11.1. The Balaban J connectivity index is 1.30. The minimum atomic E-state index is -0.368. The molecule has 7 heteroatoms. The number of hydrogen-bond acceptors (Lipinski definition) is 5. The largest absolute Gasteiger partial charge is 0.456 e. The van der Waals surface area contributed by atoms with Crippen molar-refractivity contribution in [2.75, 3.05) is 5.43 Å². The molecule has 0 atom stereocenters. The number of fused-ring (bicyclic) bond motifs is 1. The molecule has 5 rings (SSSR count). The van der Waals surface area contributed by atoms with Gasteiger partial charge >= 0.3 is 5.91 Å². The molecule has 0 bridgehead atoms. The van der Waals surface area contributed by atoms with E-state index in [1.165, 1.54) is 27.8 Å². The summed E-state index contributed by atoms with van der Waals surface area (Å²) in [6.07, 6.45) is 0.601. The van der Waals surface area contributed by atoms with Gasteiger partial charge in [-0.05, 0) is 79.3 Å². The summed E-state index contributed by atoms with van der Waals surface area (Å²) in [6, 6.07) is 20.2. The Morgan fingerprint density at radius 1 is 0.944 bits per heavy atom. The number of carbonyl (C=O) groups excluding carboxylic acids is 1. The van der Waals surface area contributed by atoms with E-state index in [0.29, 0.717) is 12.2 Å². The Kier molecular flexibility index (Phi) is 6.06. The maximum Gasteiger partial charge on any atom is 0.305 e. The Morgan fingerprint density at radius 2 is 1.72 bits per heavy atom. The molecule has 5 aromatic rings. The number of rotatable bonds is 6. The summed E-state index contributed by atoms with van der Waals surface area (Å²) in [4.78, 5) is 17.3. The van der Waals surface area contributed by atoms with Crippen molar-refractivity contribution in [1.82, 2.24) is 20.2 Å². The molecule has 36 heavy (non-hydrogen) atoms. The van der Waals surface area contributed by atoms with Crippen molar-refractivity contribution >= 4 is 22.8 Å². The molecule has 2 N–H and O–H groups in total. The van der Waals surface area contributed by atoms with Crippen LogP contribution < -0.4 is 10.9 Å². The maximum absolute atomic E-state index is 12.7. The lowest BCUT2D eigenvalue weighted by molar-refractivity contribution is 0.0933. The number of aromatic nitrogens is 3.